The maximum Gasteiger partial charge on any atom is 0.243 e. The summed E-state index contributed by atoms with van der Waals surface area (Å²) in [7, 11) is -3.44. The predicted molar refractivity (Wildman–Crippen MR) is 79.4 cm³/mol. The number of hydrogen-bond donors (Lipinski definition) is 0. The average Bonchev–Trinajstić information content (AvgIpc) is 2.32. The normalized spacial score (nSPS) is 24.9. The minimum Gasteiger partial charge on any atom is -0.373 e. The van der Waals surface area contributed by atoms with E-state index >= 15 is 0 Å². The van der Waals surface area contributed by atoms with Gasteiger partial charge in [0.1, 0.15) is 0 Å². The van der Waals surface area contributed by atoms with Gasteiger partial charge in [-0.25, -0.2) is 8.42 Å². The van der Waals surface area contributed by atoms with Crippen molar-refractivity contribution in [3.63, 3.8) is 0 Å². The second-order valence-corrected chi connectivity index (χ2v) is 7.69. The topological polar surface area (TPSA) is 46.6 Å². The van der Waals surface area contributed by atoms with Crippen LogP contribution in [0, 0.1) is 20.8 Å². The maximum atomic E-state index is 12.8. The minimum absolute atomic E-state index is 0.0691. The van der Waals surface area contributed by atoms with Crippen molar-refractivity contribution in [2.24, 2.45) is 0 Å². The van der Waals surface area contributed by atoms with Gasteiger partial charge in [0.25, 0.3) is 0 Å². The first-order valence-electron chi connectivity index (χ1n) is 6.95. The molecule has 112 valence electrons. The van der Waals surface area contributed by atoms with E-state index in [9.17, 15) is 8.42 Å². The van der Waals surface area contributed by atoms with Gasteiger partial charge >= 0.3 is 0 Å². The molecule has 0 aliphatic carbocycles. The second kappa shape index (κ2) is 5.47. The zero-order valence-electron chi connectivity index (χ0n) is 12.8. The molecular weight excluding hydrogens is 274 g/mol. The number of aryl methyl sites for hydroxylation is 3. The van der Waals surface area contributed by atoms with E-state index in [1.54, 1.807) is 10.4 Å². The lowest BCUT2D eigenvalue weighted by Crippen LogP contribution is -2.48. The molecule has 0 bridgehead atoms. The average molecular weight is 297 g/mol. The van der Waals surface area contributed by atoms with Crippen LogP contribution in [0.1, 0.15) is 30.5 Å². The molecule has 2 rings (SSSR count). The summed E-state index contributed by atoms with van der Waals surface area (Å²) in [4.78, 5) is 0.418. The molecule has 1 heterocycles. The van der Waals surface area contributed by atoms with Crippen molar-refractivity contribution in [1.29, 1.82) is 0 Å². The van der Waals surface area contributed by atoms with Gasteiger partial charge in [-0.2, -0.15) is 4.31 Å². The molecular formula is C15H23NO3S. The standard InChI is InChI=1S/C15H23NO3S/c1-10-6-12(3)15(7-11(10)2)20(17,18)16-8-13(4)19-14(5)9-16/h6-7,13-14H,8-9H2,1-5H3/t13-,14-/m1/s1. The predicted octanol–water partition coefficient (Wildman–Crippen LogP) is 2.41. The Bertz CT molecular complexity index is 600. The van der Waals surface area contributed by atoms with E-state index in [2.05, 4.69) is 0 Å². The van der Waals surface area contributed by atoms with Crippen molar-refractivity contribution in [1.82, 2.24) is 4.31 Å². The fraction of sp³-hybridized carbons (Fsp3) is 0.600. The largest absolute Gasteiger partial charge is 0.373 e. The second-order valence-electron chi connectivity index (χ2n) is 5.78. The molecule has 20 heavy (non-hydrogen) atoms. The van der Waals surface area contributed by atoms with Crippen molar-refractivity contribution in [2.75, 3.05) is 13.1 Å². The van der Waals surface area contributed by atoms with Crippen molar-refractivity contribution in [3.8, 4) is 0 Å². The van der Waals surface area contributed by atoms with Crippen molar-refractivity contribution >= 4 is 10.0 Å². The molecule has 2 atom stereocenters. The highest BCUT2D eigenvalue weighted by Crippen LogP contribution is 2.25. The molecule has 0 radical (unpaired) electrons. The van der Waals surface area contributed by atoms with E-state index < -0.39 is 10.0 Å². The molecule has 0 unspecified atom stereocenters. The Morgan fingerprint density at radius 2 is 1.50 bits per heavy atom. The quantitative estimate of drug-likeness (QED) is 0.842. The summed E-state index contributed by atoms with van der Waals surface area (Å²) >= 11 is 0. The molecule has 0 N–H and O–H groups in total. The van der Waals surface area contributed by atoms with Crippen molar-refractivity contribution in [2.45, 2.75) is 51.7 Å². The lowest BCUT2D eigenvalue weighted by molar-refractivity contribution is -0.0440. The molecule has 1 aliphatic rings. The van der Waals surface area contributed by atoms with E-state index in [0.717, 1.165) is 16.7 Å². The number of hydrogen-bond acceptors (Lipinski definition) is 3. The fourth-order valence-electron chi connectivity index (χ4n) is 2.68. The Labute approximate surface area is 121 Å². The molecule has 1 aliphatic heterocycles. The van der Waals surface area contributed by atoms with Gasteiger partial charge in [0, 0.05) is 13.1 Å². The Hall–Kier alpha value is -0.910. The maximum absolute atomic E-state index is 12.8. The van der Waals surface area contributed by atoms with E-state index in [-0.39, 0.29) is 12.2 Å². The van der Waals surface area contributed by atoms with Gasteiger partial charge in [-0.15, -0.1) is 0 Å². The van der Waals surface area contributed by atoms with E-state index in [0.29, 0.717) is 18.0 Å². The van der Waals surface area contributed by atoms with E-state index in [4.69, 9.17) is 4.74 Å². The van der Waals surface area contributed by atoms with Gasteiger partial charge in [0.15, 0.2) is 0 Å². The van der Waals surface area contributed by atoms with Gasteiger partial charge in [-0.1, -0.05) is 6.07 Å². The molecule has 5 heteroatoms. The lowest BCUT2D eigenvalue weighted by atomic mass is 10.1. The van der Waals surface area contributed by atoms with Gasteiger partial charge in [-0.05, 0) is 57.4 Å². The summed E-state index contributed by atoms with van der Waals surface area (Å²) in [5.74, 6) is 0. The van der Waals surface area contributed by atoms with Crippen LogP contribution in [-0.2, 0) is 14.8 Å². The number of benzene rings is 1. The Kier molecular flexibility index (Phi) is 4.23. The smallest absolute Gasteiger partial charge is 0.243 e. The molecule has 1 aromatic rings. The first kappa shape index (κ1) is 15.5. The summed E-state index contributed by atoms with van der Waals surface area (Å²) in [6.07, 6.45) is -0.138. The van der Waals surface area contributed by atoms with E-state index in [1.807, 2.05) is 40.7 Å². The number of nitrogens with zero attached hydrogens (tertiary/aromatic N) is 1. The van der Waals surface area contributed by atoms with Gasteiger partial charge < -0.3 is 4.74 Å². The molecule has 0 aromatic heterocycles. The highest BCUT2D eigenvalue weighted by Gasteiger charge is 2.33. The van der Waals surface area contributed by atoms with Crippen LogP contribution >= 0.6 is 0 Å². The summed E-state index contributed by atoms with van der Waals surface area (Å²) in [5, 5.41) is 0. The summed E-state index contributed by atoms with van der Waals surface area (Å²) < 4.78 is 32.8. The first-order valence-corrected chi connectivity index (χ1v) is 8.39. The van der Waals surface area contributed by atoms with Crippen LogP contribution in [0.15, 0.2) is 17.0 Å². The van der Waals surface area contributed by atoms with Crippen molar-refractivity contribution < 1.29 is 13.2 Å². The van der Waals surface area contributed by atoms with Crippen LogP contribution in [0.2, 0.25) is 0 Å². The monoisotopic (exact) mass is 297 g/mol. The summed E-state index contributed by atoms with van der Waals surface area (Å²) in [6, 6.07) is 3.72. The molecule has 4 nitrogen and oxygen atoms in total. The molecule has 1 aromatic carbocycles. The third kappa shape index (κ3) is 2.90. The molecule has 0 saturated carbocycles. The Balaban J connectivity index is 2.42. The summed E-state index contributed by atoms with van der Waals surface area (Å²) in [5.41, 5.74) is 2.92. The summed E-state index contributed by atoms with van der Waals surface area (Å²) in [6.45, 7) is 10.4. The zero-order chi connectivity index (χ0) is 15.1. The third-order valence-electron chi connectivity index (χ3n) is 3.80. The number of sulfonamides is 1. The van der Waals surface area contributed by atoms with Crippen LogP contribution in [-0.4, -0.2) is 38.0 Å². The zero-order valence-corrected chi connectivity index (χ0v) is 13.6. The number of rotatable bonds is 2. The fourth-order valence-corrected chi connectivity index (χ4v) is 4.56. The van der Waals surface area contributed by atoms with Crippen LogP contribution in [0.5, 0.6) is 0 Å². The number of ether oxygens (including phenoxy) is 1. The number of morpholine rings is 1. The molecule has 1 saturated heterocycles. The molecule has 0 amide bonds. The van der Waals surface area contributed by atoms with Crippen LogP contribution < -0.4 is 0 Å². The van der Waals surface area contributed by atoms with Gasteiger partial charge in [-0.3, -0.25) is 0 Å². The van der Waals surface area contributed by atoms with Crippen LogP contribution in [0.25, 0.3) is 0 Å². The highest BCUT2D eigenvalue weighted by molar-refractivity contribution is 7.89. The van der Waals surface area contributed by atoms with Crippen molar-refractivity contribution in [3.05, 3.63) is 28.8 Å². The highest BCUT2D eigenvalue weighted by atomic mass is 32.2. The third-order valence-corrected chi connectivity index (χ3v) is 5.77. The molecule has 1 fully saturated rings. The first-order chi connectivity index (χ1) is 9.21. The minimum atomic E-state index is -3.44. The van der Waals surface area contributed by atoms with Gasteiger partial charge in [0.05, 0.1) is 17.1 Å². The Morgan fingerprint density at radius 3 is 2.05 bits per heavy atom. The van der Waals surface area contributed by atoms with Crippen LogP contribution in [0.3, 0.4) is 0 Å². The Morgan fingerprint density at radius 1 is 1.00 bits per heavy atom. The SMILES string of the molecule is Cc1cc(C)c(S(=O)(=O)N2C[C@@H](C)O[C@H](C)C2)cc1C. The van der Waals surface area contributed by atoms with E-state index in [1.165, 1.54) is 0 Å². The molecule has 0 spiro atoms. The lowest BCUT2D eigenvalue weighted by Gasteiger charge is -2.34. The van der Waals surface area contributed by atoms with Crippen LogP contribution in [0.4, 0.5) is 0 Å². The van der Waals surface area contributed by atoms with Gasteiger partial charge in [0.2, 0.25) is 10.0 Å².